The summed E-state index contributed by atoms with van der Waals surface area (Å²) in [7, 11) is 0. The molecule has 1 rings (SSSR count). The van der Waals surface area contributed by atoms with Crippen LogP contribution in [0, 0.1) is 0 Å². The molecular formula is C10H10BrNO4. The number of aliphatic carboxylic acids is 1. The summed E-state index contributed by atoms with van der Waals surface area (Å²) in [6.07, 6.45) is -0.0989. The molecule has 0 radical (unpaired) electrons. The molecule has 16 heavy (non-hydrogen) atoms. The third kappa shape index (κ3) is 3.98. The van der Waals surface area contributed by atoms with E-state index in [0.717, 1.165) is 0 Å². The molecule has 0 atom stereocenters. The molecule has 0 amide bonds. The van der Waals surface area contributed by atoms with Gasteiger partial charge in [-0.05, 0) is 6.07 Å². The first-order valence-electron chi connectivity index (χ1n) is 4.54. The van der Waals surface area contributed by atoms with E-state index in [1.807, 2.05) is 0 Å². The van der Waals surface area contributed by atoms with Gasteiger partial charge in [-0.2, -0.15) is 0 Å². The molecule has 0 aromatic carbocycles. The third-order valence-electron chi connectivity index (χ3n) is 1.70. The fourth-order valence-electron chi connectivity index (χ4n) is 0.962. The highest BCUT2D eigenvalue weighted by molar-refractivity contribution is 9.09. The van der Waals surface area contributed by atoms with Crippen molar-refractivity contribution in [3.05, 3.63) is 23.9 Å². The molecule has 0 aliphatic rings. The second-order valence-electron chi connectivity index (χ2n) is 2.91. The first kappa shape index (κ1) is 12.6. The number of Topliss-reactive ketones (excluding diaryl/α,β-unsaturated/α-hetero) is 1. The minimum Gasteiger partial charge on any atom is -0.481 e. The highest BCUT2D eigenvalue weighted by Crippen LogP contribution is 2.09. The average Bonchev–Trinajstić information content (AvgIpc) is 2.28. The minimum absolute atomic E-state index is 0.0360. The summed E-state index contributed by atoms with van der Waals surface area (Å²) >= 11 is 3.04. The highest BCUT2D eigenvalue weighted by Gasteiger charge is 2.07. The summed E-state index contributed by atoms with van der Waals surface area (Å²) in [5, 5.41) is 8.60. The van der Waals surface area contributed by atoms with Gasteiger partial charge in [-0.25, -0.2) is 4.98 Å². The number of nitrogens with zero attached hydrogens (tertiary/aromatic N) is 1. The fourth-order valence-corrected chi connectivity index (χ4v) is 1.25. The van der Waals surface area contributed by atoms with Crippen molar-refractivity contribution in [3.63, 3.8) is 0 Å². The number of carbonyl (C=O) groups is 2. The Morgan fingerprint density at radius 3 is 2.81 bits per heavy atom. The first-order valence-corrected chi connectivity index (χ1v) is 5.66. The summed E-state index contributed by atoms with van der Waals surface area (Å²) in [5.41, 5.74) is 0.296. The maximum atomic E-state index is 11.3. The maximum Gasteiger partial charge on any atom is 0.306 e. The zero-order valence-corrected chi connectivity index (χ0v) is 9.94. The lowest BCUT2D eigenvalue weighted by molar-refractivity contribution is -0.137. The molecule has 1 heterocycles. The lowest BCUT2D eigenvalue weighted by Gasteiger charge is -2.04. The van der Waals surface area contributed by atoms with Gasteiger partial charge < -0.3 is 9.84 Å². The molecule has 0 aliphatic carbocycles. The number of hydrogen-bond acceptors (Lipinski definition) is 4. The van der Waals surface area contributed by atoms with Gasteiger partial charge in [0.2, 0.25) is 5.88 Å². The highest BCUT2D eigenvalue weighted by atomic mass is 79.9. The van der Waals surface area contributed by atoms with Crippen molar-refractivity contribution in [2.24, 2.45) is 0 Å². The summed E-state index contributed by atoms with van der Waals surface area (Å²) in [5.74, 6) is -0.829. The number of ketones is 1. The van der Waals surface area contributed by atoms with Crippen LogP contribution in [-0.4, -0.2) is 33.8 Å². The van der Waals surface area contributed by atoms with Crippen molar-refractivity contribution >= 4 is 27.7 Å². The van der Waals surface area contributed by atoms with Crippen molar-refractivity contribution in [3.8, 4) is 5.88 Å². The summed E-state index contributed by atoms with van der Waals surface area (Å²) < 4.78 is 5.09. The zero-order valence-electron chi connectivity index (χ0n) is 8.35. The van der Waals surface area contributed by atoms with Gasteiger partial charge in [0, 0.05) is 6.07 Å². The Balaban J connectivity index is 2.60. The van der Waals surface area contributed by atoms with Gasteiger partial charge in [0.15, 0.2) is 5.78 Å². The van der Waals surface area contributed by atoms with E-state index in [9.17, 15) is 9.59 Å². The van der Waals surface area contributed by atoms with Gasteiger partial charge in [0.05, 0.1) is 11.8 Å². The van der Waals surface area contributed by atoms with Crippen molar-refractivity contribution in [2.75, 3.05) is 11.9 Å². The molecular weight excluding hydrogens is 278 g/mol. The van der Waals surface area contributed by atoms with Crippen LogP contribution in [0.15, 0.2) is 18.2 Å². The number of carboxylic acids is 1. The molecule has 5 nitrogen and oxygen atoms in total. The van der Waals surface area contributed by atoms with E-state index in [1.165, 1.54) is 0 Å². The van der Waals surface area contributed by atoms with Crippen LogP contribution in [0.2, 0.25) is 0 Å². The minimum atomic E-state index is -0.937. The standard InChI is InChI=1S/C10H10BrNO4/c11-6-8(13)7-2-1-3-9(12-7)16-5-4-10(14)15/h1-3H,4-6H2,(H,14,15). The van der Waals surface area contributed by atoms with Gasteiger partial charge in [0.25, 0.3) is 0 Å². The molecule has 1 aromatic rings. The Morgan fingerprint density at radius 2 is 2.19 bits per heavy atom. The van der Waals surface area contributed by atoms with Crippen LogP contribution in [0.4, 0.5) is 0 Å². The van der Waals surface area contributed by atoms with Crippen LogP contribution in [0.5, 0.6) is 5.88 Å². The molecule has 0 fully saturated rings. The van der Waals surface area contributed by atoms with Crippen molar-refractivity contribution in [1.29, 1.82) is 0 Å². The van der Waals surface area contributed by atoms with E-state index in [-0.39, 0.29) is 30.0 Å². The number of alkyl halides is 1. The molecule has 0 unspecified atom stereocenters. The van der Waals surface area contributed by atoms with E-state index in [2.05, 4.69) is 20.9 Å². The van der Waals surface area contributed by atoms with Crippen LogP contribution >= 0.6 is 15.9 Å². The second kappa shape index (κ2) is 6.22. The number of halogens is 1. The SMILES string of the molecule is O=C(O)CCOc1cccc(C(=O)CBr)n1. The molecule has 86 valence electrons. The Bertz CT molecular complexity index is 394. The number of carboxylic acid groups (broad SMARTS) is 1. The molecule has 1 N–H and O–H groups in total. The molecule has 0 bridgehead atoms. The molecule has 1 aromatic heterocycles. The largest absolute Gasteiger partial charge is 0.481 e. The lowest BCUT2D eigenvalue weighted by Crippen LogP contribution is -2.08. The molecule has 6 heteroatoms. The Morgan fingerprint density at radius 1 is 1.44 bits per heavy atom. The van der Waals surface area contributed by atoms with Gasteiger partial charge in [-0.3, -0.25) is 9.59 Å². The third-order valence-corrected chi connectivity index (χ3v) is 2.21. The lowest BCUT2D eigenvalue weighted by atomic mass is 10.3. The first-order chi connectivity index (χ1) is 7.63. The van der Waals surface area contributed by atoms with Crippen LogP contribution in [0.3, 0.4) is 0 Å². The predicted molar refractivity (Wildman–Crippen MR) is 60.1 cm³/mol. The van der Waals surface area contributed by atoms with E-state index in [0.29, 0.717) is 5.69 Å². The normalized spacial score (nSPS) is 9.81. The van der Waals surface area contributed by atoms with Crippen LogP contribution < -0.4 is 4.74 Å². The Hall–Kier alpha value is -1.43. The van der Waals surface area contributed by atoms with Crippen molar-refractivity contribution in [1.82, 2.24) is 4.98 Å². The van der Waals surface area contributed by atoms with Crippen molar-refractivity contribution in [2.45, 2.75) is 6.42 Å². The van der Waals surface area contributed by atoms with Crippen LogP contribution in [-0.2, 0) is 4.79 Å². The number of ether oxygens (including phenoxy) is 1. The molecule has 0 spiro atoms. The summed E-state index contributed by atoms with van der Waals surface area (Å²) in [4.78, 5) is 25.5. The molecule has 0 saturated carbocycles. The predicted octanol–water partition coefficient (Wildman–Crippen LogP) is 1.51. The number of carbonyl (C=O) groups excluding carboxylic acids is 1. The second-order valence-corrected chi connectivity index (χ2v) is 3.47. The van der Waals surface area contributed by atoms with Gasteiger partial charge in [-0.1, -0.05) is 22.0 Å². The number of hydrogen-bond donors (Lipinski definition) is 1. The van der Waals surface area contributed by atoms with E-state index >= 15 is 0 Å². The van der Waals surface area contributed by atoms with Gasteiger partial charge in [-0.15, -0.1) is 0 Å². The quantitative estimate of drug-likeness (QED) is 0.634. The Kier molecular flexibility index (Phi) is 4.91. The number of rotatable bonds is 6. The fraction of sp³-hybridized carbons (Fsp3) is 0.300. The number of aromatic nitrogens is 1. The topological polar surface area (TPSA) is 76.5 Å². The zero-order chi connectivity index (χ0) is 12.0. The van der Waals surface area contributed by atoms with Gasteiger partial charge >= 0.3 is 5.97 Å². The van der Waals surface area contributed by atoms with E-state index in [1.54, 1.807) is 18.2 Å². The van der Waals surface area contributed by atoms with Crippen molar-refractivity contribution < 1.29 is 19.4 Å². The Labute approximate surface area is 101 Å². The van der Waals surface area contributed by atoms with Crippen LogP contribution in [0.25, 0.3) is 0 Å². The van der Waals surface area contributed by atoms with Gasteiger partial charge in [0.1, 0.15) is 12.3 Å². The monoisotopic (exact) mass is 287 g/mol. The summed E-state index contributed by atoms with van der Waals surface area (Å²) in [6, 6.07) is 4.79. The smallest absolute Gasteiger partial charge is 0.306 e. The maximum absolute atomic E-state index is 11.3. The molecule has 0 saturated heterocycles. The summed E-state index contributed by atoms with van der Waals surface area (Å²) in [6.45, 7) is 0.0360. The average molecular weight is 288 g/mol. The number of pyridine rings is 1. The molecule has 0 aliphatic heterocycles. The van der Waals surface area contributed by atoms with E-state index < -0.39 is 5.97 Å². The van der Waals surface area contributed by atoms with E-state index in [4.69, 9.17) is 9.84 Å². The van der Waals surface area contributed by atoms with Crippen LogP contribution in [0.1, 0.15) is 16.9 Å².